The molecule has 0 bridgehead atoms. The van der Waals surface area contributed by atoms with E-state index in [2.05, 4.69) is 10.6 Å². The Bertz CT molecular complexity index is 1210. The molecule has 0 unspecified atom stereocenters. The number of anilines is 1. The first kappa shape index (κ1) is 24.9. The number of hydrogen-bond acceptors (Lipinski definition) is 5. The van der Waals surface area contributed by atoms with Crippen molar-refractivity contribution in [2.75, 3.05) is 19.4 Å². The number of alkyl halides is 3. The molecule has 0 saturated carbocycles. The Hall–Kier alpha value is -2.73. The first-order valence-corrected chi connectivity index (χ1v) is 12.0. The van der Waals surface area contributed by atoms with E-state index >= 15 is 0 Å². The monoisotopic (exact) mass is 497 g/mol. The minimum atomic E-state index is -4.53. The summed E-state index contributed by atoms with van der Waals surface area (Å²) in [6, 6.07) is 15.4. The van der Waals surface area contributed by atoms with E-state index in [0.717, 1.165) is 27.8 Å². The molecule has 0 spiro atoms. The molecule has 0 aliphatic heterocycles. The van der Waals surface area contributed by atoms with Gasteiger partial charge < -0.3 is 5.32 Å². The molecule has 1 amide bonds. The molecule has 0 saturated heterocycles. The molecule has 3 aromatic rings. The first-order chi connectivity index (χ1) is 15.5. The number of hydrogen-bond donors (Lipinski definition) is 2. The van der Waals surface area contributed by atoms with Gasteiger partial charge in [-0.25, -0.2) is 12.7 Å². The van der Waals surface area contributed by atoms with Crippen LogP contribution in [0.1, 0.15) is 22.0 Å². The van der Waals surface area contributed by atoms with Crippen LogP contribution in [0.25, 0.3) is 0 Å². The number of halogens is 3. The summed E-state index contributed by atoms with van der Waals surface area (Å²) in [5.74, 6) is -0.543. The zero-order valence-electron chi connectivity index (χ0n) is 17.8. The highest BCUT2D eigenvalue weighted by molar-refractivity contribution is 7.91. The van der Waals surface area contributed by atoms with Crippen LogP contribution >= 0.6 is 11.3 Å². The maximum Gasteiger partial charge on any atom is 0.416 e. The largest absolute Gasteiger partial charge is 0.416 e. The smallest absolute Gasteiger partial charge is 0.324 e. The molecule has 11 heteroatoms. The van der Waals surface area contributed by atoms with Crippen LogP contribution in [-0.2, 0) is 27.5 Å². The lowest BCUT2D eigenvalue weighted by Crippen LogP contribution is -2.32. The Morgan fingerprint density at radius 3 is 2.36 bits per heavy atom. The second-order valence-corrected chi connectivity index (χ2v) is 10.8. The van der Waals surface area contributed by atoms with Gasteiger partial charge in [-0.05, 0) is 35.9 Å². The zero-order valence-corrected chi connectivity index (χ0v) is 19.4. The first-order valence-electron chi connectivity index (χ1n) is 9.76. The molecule has 33 heavy (non-hydrogen) atoms. The van der Waals surface area contributed by atoms with Gasteiger partial charge in [0.25, 0.3) is 10.0 Å². The summed E-state index contributed by atoms with van der Waals surface area (Å²) in [7, 11) is -0.685. The summed E-state index contributed by atoms with van der Waals surface area (Å²) < 4.78 is 64.9. The van der Waals surface area contributed by atoms with Crippen LogP contribution in [0.2, 0.25) is 0 Å². The number of thiophene rings is 1. The fourth-order valence-electron chi connectivity index (χ4n) is 2.97. The molecule has 2 N–H and O–H groups in total. The van der Waals surface area contributed by atoms with Gasteiger partial charge in [0.05, 0.1) is 5.56 Å². The average Bonchev–Trinajstić information content (AvgIpc) is 3.24. The van der Waals surface area contributed by atoms with Crippen molar-refractivity contribution in [2.24, 2.45) is 0 Å². The molecule has 0 fully saturated rings. The van der Waals surface area contributed by atoms with Crippen molar-refractivity contribution >= 4 is 33.0 Å². The van der Waals surface area contributed by atoms with Crippen LogP contribution < -0.4 is 10.6 Å². The van der Waals surface area contributed by atoms with Crippen LogP contribution in [0.5, 0.6) is 0 Å². The predicted molar refractivity (Wildman–Crippen MR) is 121 cm³/mol. The maximum absolute atomic E-state index is 13.0. The topological polar surface area (TPSA) is 78.5 Å². The Labute approximate surface area is 194 Å². The van der Waals surface area contributed by atoms with Gasteiger partial charge in [0.15, 0.2) is 0 Å². The number of sulfonamides is 1. The summed E-state index contributed by atoms with van der Waals surface area (Å²) >= 11 is 1.08. The van der Waals surface area contributed by atoms with Crippen LogP contribution in [-0.4, -0.2) is 32.7 Å². The number of carbonyl (C=O) groups is 1. The van der Waals surface area contributed by atoms with Gasteiger partial charge >= 0.3 is 6.18 Å². The molecular weight excluding hydrogens is 475 g/mol. The van der Waals surface area contributed by atoms with E-state index in [9.17, 15) is 26.4 Å². The third-order valence-corrected chi connectivity index (χ3v) is 8.07. The second-order valence-electron chi connectivity index (χ2n) is 7.30. The Kier molecular flexibility index (Phi) is 7.58. The lowest BCUT2D eigenvalue weighted by atomic mass is 10.1. The van der Waals surface area contributed by atoms with E-state index in [4.69, 9.17) is 0 Å². The molecule has 6 nitrogen and oxygen atoms in total. The van der Waals surface area contributed by atoms with Gasteiger partial charge in [-0.3, -0.25) is 10.1 Å². The van der Waals surface area contributed by atoms with Gasteiger partial charge in [-0.15, -0.1) is 11.3 Å². The fourth-order valence-corrected chi connectivity index (χ4v) is 5.45. The van der Waals surface area contributed by atoms with Crippen molar-refractivity contribution in [3.8, 4) is 0 Å². The van der Waals surface area contributed by atoms with Crippen molar-refractivity contribution in [1.29, 1.82) is 0 Å². The highest BCUT2D eigenvalue weighted by Gasteiger charge is 2.31. The van der Waals surface area contributed by atoms with E-state index in [0.29, 0.717) is 10.4 Å². The Morgan fingerprint density at radius 2 is 1.73 bits per heavy atom. The standard InChI is InChI=1S/C22H22F3N3O3S2/c1-28(2)33(30,31)19-12-11-18(32-19)14-26-20(15-7-4-3-5-8-15)21(29)27-17-10-6-9-16(13-17)22(23,24)25/h3-13,20,26H,14H2,1-2H3,(H,27,29)/t20-/m1/s1. The number of benzene rings is 2. The highest BCUT2D eigenvalue weighted by Crippen LogP contribution is 2.31. The highest BCUT2D eigenvalue weighted by atomic mass is 32.2. The van der Waals surface area contributed by atoms with E-state index in [1.54, 1.807) is 36.4 Å². The Morgan fingerprint density at radius 1 is 1.03 bits per heavy atom. The summed E-state index contributed by atoms with van der Waals surface area (Å²) in [5, 5.41) is 5.61. The van der Waals surface area contributed by atoms with Crippen molar-refractivity contribution in [3.63, 3.8) is 0 Å². The third-order valence-electron chi connectivity index (χ3n) is 4.70. The van der Waals surface area contributed by atoms with Gasteiger partial charge in [0.2, 0.25) is 5.91 Å². The molecule has 2 aromatic carbocycles. The quantitative estimate of drug-likeness (QED) is 0.481. The van der Waals surface area contributed by atoms with E-state index < -0.39 is 33.7 Å². The van der Waals surface area contributed by atoms with E-state index in [-0.39, 0.29) is 16.4 Å². The Balaban J connectivity index is 1.79. The summed E-state index contributed by atoms with van der Waals surface area (Å²) in [4.78, 5) is 13.7. The molecule has 0 radical (unpaired) electrons. The van der Waals surface area contributed by atoms with Gasteiger partial charge in [0.1, 0.15) is 10.3 Å². The molecule has 176 valence electrons. The predicted octanol–water partition coefficient (Wildman–Crippen LogP) is 4.49. The van der Waals surface area contributed by atoms with Crippen molar-refractivity contribution in [3.05, 3.63) is 82.7 Å². The number of nitrogens with zero attached hydrogens (tertiary/aromatic N) is 1. The molecular formula is C22H22F3N3O3S2. The second kappa shape index (κ2) is 10.0. The summed E-state index contributed by atoms with van der Waals surface area (Å²) in [6.45, 7) is 0.184. The lowest BCUT2D eigenvalue weighted by Gasteiger charge is -2.19. The number of carbonyl (C=O) groups excluding carboxylic acids is 1. The summed E-state index contributed by atoms with van der Waals surface area (Å²) in [6.07, 6.45) is -4.53. The fraction of sp³-hybridized carbons (Fsp3) is 0.227. The van der Waals surface area contributed by atoms with Crippen LogP contribution in [0.15, 0.2) is 70.9 Å². The van der Waals surface area contributed by atoms with Gasteiger partial charge in [0, 0.05) is 31.2 Å². The molecule has 0 aliphatic carbocycles. The maximum atomic E-state index is 13.0. The average molecular weight is 498 g/mol. The van der Waals surface area contributed by atoms with E-state index in [1.807, 2.05) is 0 Å². The van der Waals surface area contributed by atoms with Crippen molar-refractivity contribution < 1.29 is 26.4 Å². The SMILES string of the molecule is CN(C)S(=O)(=O)c1ccc(CN[C@@H](C(=O)Nc2cccc(C(F)(F)F)c2)c2ccccc2)s1. The number of rotatable bonds is 8. The van der Waals surface area contributed by atoms with Crippen molar-refractivity contribution in [1.82, 2.24) is 9.62 Å². The van der Waals surface area contributed by atoms with E-state index in [1.165, 1.54) is 32.3 Å². The van der Waals surface area contributed by atoms with Crippen LogP contribution in [0, 0.1) is 0 Å². The van der Waals surface area contributed by atoms with Gasteiger partial charge in [-0.1, -0.05) is 36.4 Å². The lowest BCUT2D eigenvalue weighted by molar-refractivity contribution is -0.137. The zero-order chi connectivity index (χ0) is 24.2. The van der Waals surface area contributed by atoms with Gasteiger partial charge in [-0.2, -0.15) is 13.2 Å². The molecule has 3 rings (SSSR count). The normalized spacial score (nSPS) is 13.2. The third kappa shape index (κ3) is 6.20. The molecule has 1 aromatic heterocycles. The minimum Gasteiger partial charge on any atom is -0.324 e. The van der Waals surface area contributed by atoms with Crippen molar-refractivity contribution in [2.45, 2.75) is 23.0 Å². The number of amides is 1. The van der Waals surface area contributed by atoms with Crippen LogP contribution in [0.3, 0.4) is 0 Å². The molecule has 0 aliphatic rings. The minimum absolute atomic E-state index is 0.0213. The van der Waals surface area contributed by atoms with Crippen LogP contribution in [0.4, 0.5) is 18.9 Å². The number of nitrogens with one attached hydrogen (secondary N) is 2. The molecule has 1 heterocycles. The molecule has 1 atom stereocenters. The summed E-state index contributed by atoms with van der Waals surface area (Å²) in [5.41, 5.74) is -0.231.